The summed E-state index contributed by atoms with van der Waals surface area (Å²) in [5, 5.41) is -0.731. The van der Waals surface area contributed by atoms with Gasteiger partial charge in [-0.3, -0.25) is 0 Å². The van der Waals surface area contributed by atoms with E-state index in [0.717, 1.165) is 5.56 Å². The highest BCUT2D eigenvalue weighted by Crippen LogP contribution is 2.33. The number of ether oxygens (including phenoxy) is 2. The van der Waals surface area contributed by atoms with Gasteiger partial charge < -0.3 is 15.2 Å². The molecular formula is C18H23NO4S. The van der Waals surface area contributed by atoms with Crippen molar-refractivity contribution in [2.45, 2.75) is 23.5 Å². The van der Waals surface area contributed by atoms with Crippen LogP contribution < -0.4 is 15.2 Å². The molecule has 0 saturated heterocycles. The first kappa shape index (κ1) is 18.3. The quantitative estimate of drug-likeness (QED) is 0.792. The molecular weight excluding hydrogens is 326 g/mol. The summed E-state index contributed by atoms with van der Waals surface area (Å²) in [5.74, 6) is 1.16. The number of para-hydroxylation sites is 1. The molecule has 1 atom stereocenters. The Morgan fingerprint density at radius 1 is 1.08 bits per heavy atom. The van der Waals surface area contributed by atoms with Crippen LogP contribution in [0.3, 0.4) is 0 Å². The molecule has 0 saturated carbocycles. The molecule has 2 N–H and O–H groups in total. The average molecular weight is 349 g/mol. The summed E-state index contributed by atoms with van der Waals surface area (Å²) < 4.78 is 36.6. The van der Waals surface area contributed by atoms with Gasteiger partial charge >= 0.3 is 0 Å². The highest BCUT2D eigenvalue weighted by atomic mass is 32.2. The van der Waals surface area contributed by atoms with Crippen molar-refractivity contribution >= 4 is 9.84 Å². The van der Waals surface area contributed by atoms with Gasteiger partial charge in [0.25, 0.3) is 0 Å². The molecule has 2 aromatic rings. The van der Waals surface area contributed by atoms with Gasteiger partial charge in [0.2, 0.25) is 0 Å². The molecule has 0 fully saturated rings. The van der Waals surface area contributed by atoms with Crippen molar-refractivity contribution in [3.05, 3.63) is 54.1 Å². The van der Waals surface area contributed by atoms with E-state index in [9.17, 15) is 8.42 Å². The van der Waals surface area contributed by atoms with Crippen LogP contribution in [0.25, 0.3) is 0 Å². The van der Waals surface area contributed by atoms with Crippen LogP contribution in [0.5, 0.6) is 11.5 Å². The molecule has 0 bridgehead atoms. The van der Waals surface area contributed by atoms with Crippen molar-refractivity contribution in [2.75, 3.05) is 20.3 Å². The first-order valence-corrected chi connectivity index (χ1v) is 9.36. The van der Waals surface area contributed by atoms with Crippen LogP contribution in [-0.4, -0.2) is 33.9 Å². The molecule has 0 spiro atoms. The van der Waals surface area contributed by atoms with Crippen molar-refractivity contribution in [3.63, 3.8) is 0 Å². The van der Waals surface area contributed by atoms with E-state index in [1.807, 2.05) is 19.1 Å². The van der Waals surface area contributed by atoms with Crippen LogP contribution in [0, 0.1) is 0 Å². The van der Waals surface area contributed by atoms with E-state index in [1.54, 1.807) is 43.5 Å². The Hall–Kier alpha value is -2.05. The molecule has 2 rings (SSSR count). The van der Waals surface area contributed by atoms with E-state index in [1.165, 1.54) is 0 Å². The molecule has 0 amide bonds. The SMILES string of the molecule is CCOc1cccc(CC(CN)S(=O)(=O)c2ccccc2)c1OC. The molecule has 6 heteroatoms. The Kier molecular flexibility index (Phi) is 6.23. The molecule has 0 aliphatic carbocycles. The zero-order chi connectivity index (χ0) is 17.6. The van der Waals surface area contributed by atoms with Gasteiger partial charge in [-0.05, 0) is 37.1 Å². The third-order valence-corrected chi connectivity index (χ3v) is 5.95. The first-order valence-electron chi connectivity index (χ1n) is 7.82. The maximum atomic E-state index is 12.8. The van der Waals surface area contributed by atoms with Crippen LogP contribution in [0.4, 0.5) is 0 Å². The lowest BCUT2D eigenvalue weighted by Crippen LogP contribution is -2.32. The van der Waals surface area contributed by atoms with E-state index < -0.39 is 15.1 Å². The monoisotopic (exact) mass is 349 g/mol. The van der Waals surface area contributed by atoms with Crippen LogP contribution in [-0.2, 0) is 16.3 Å². The van der Waals surface area contributed by atoms with Gasteiger partial charge in [0, 0.05) is 6.54 Å². The topological polar surface area (TPSA) is 78.6 Å². The molecule has 0 aromatic heterocycles. The summed E-state index contributed by atoms with van der Waals surface area (Å²) in [6.45, 7) is 2.41. The number of benzene rings is 2. The molecule has 1 unspecified atom stereocenters. The van der Waals surface area contributed by atoms with Crippen molar-refractivity contribution < 1.29 is 17.9 Å². The second kappa shape index (κ2) is 8.17. The van der Waals surface area contributed by atoms with Crippen molar-refractivity contribution in [1.29, 1.82) is 0 Å². The van der Waals surface area contributed by atoms with E-state index in [-0.39, 0.29) is 17.9 Å². The minimum atomic E-state index is -3.52. The van der Waals surface area contributed by atoms with Gasteiger partial charge in [-0.1, -0.05) is 30.3 Å². The minimum Gasteiger partial charge on any atom is -0.493 e. The van der Waals surface area contributed by atoms with Crippen LogP contribution in [0.15, 0.2) is 53.4 Å². The molecule has 2 aromatic carbocycles. The Balaban J connectivity index is 2.36. The van der Waals surface area contributed by atoms with Crippen molar-refractivity contribution in [1.82, 2.24) is 0 Å². The van der Waals surface area contributed by atoms with Crippen molar-refractivity contribution in [3.8, 4) is 11.5 Å². The van der Waals surface area contributed by atoms with Crippen LogP contribution in [0.1, 0.15) is 12.5 Å². The maximum absolute atomic E-state index is 12.8. The number of nitrogens with two attached hydrogens (primary N) is 1. The summed E-state index contributed by atoms with van der Waals surface area (Å²) in [5.41, 5.74) is 6.54. The highest BCUT2D eigenvalue weighted by molar-refractivity contribution is 7.92. The second-order valence-corrected chi connectivity index (χ2v) is 7.53. The zero-order valence-corrected chi connectivity index (χ0v) is 14.8. The Morgan fingerprint density at radius 2 is 1.79 bits per heavy atom. The number of sulfone groups is 1. The van der Waals surface area contributed by atoms with E-state index in [2.05, 4.69) is 0 Å². The zero-order valence-electron chi connectivity index (χ0n) is 13.9. The fourth-order valence-electron chi connectivity index (χ4n) is 2.59. The predicted molar refractivity (Wildman–Crippen MR) is 94.3 cm³/mol. The largest absolute Gasteiger partial charge is 0.493 e. The predicted octanol–water partition coefficient (Wildman–Crippen LogP) is 2.44. The van der Waals surface area contributed by atoms with Gasteiger partial charge in [0.05, 0.1) is 23.9 Å². The molecule has 0 heterocycles. The molecule has 0 aliphatic heterocycles. The van der Waals surface area contributed by atoms with E-state index in [4.69, 9.17) is 15.2 Å². The normalized spacial score (nSPS) is 12.6. The third kappa shape index (κ3) is 3.88. The Morgan fingerprint density at radius 3 is 2.38 bits per heavy atom. The van der Waals surface area contributed by atoms with Gasteiger partial charge in [-0.2, -0.15) is 0 Å². The lowest BCUT2D eigenvalue weighted by molar-refractivity contribution is 0.309. The summed E-state index contributed by atoms with van der Waals surface area (Å²) in [4.78, 5) is 0.278. The average Bonchev–Trinajstić information content (AvgIpc) is 2.60. The molecule has 5 nitrogen and oxygen atoms in total. The number of hydrogen-bond donors (Lipinski definition) is 1. The first-order chi connectivity index (χ1) is 11.5. The summed E-state index contributed by atoms with van der Waals surface area (Å²) >= 11 is 0. The van der Waals surface area contributed by atoms with E-state index in [0.29, 0.717) is 18.1 Å². The van der Waals surface area contributed by atoms with Crippen LogP contribution in [0.2, 0.25) is 0 Å². The number of methoxy groups -OCH3 is 1. The standard InChI is InChI=1S/C18H23NO4S/c1-3-23-17-11-7-8-14(18(17)22-2)12-16(13-19)24(20,21)15-9-5-4-6-10-15/h4-11,16H,3,12-13,19H2,1-2H3. The van der Waals surface area contributed by atoms with Gasteiger partial charge in [-0.15, -0.1) is 0 Å². The second-order valence-electron chi connectivity index (χ2n) is 5.30. The third-order valence-electron chi connectivity index (χ3n) is 3.79. The number of rotatable bonds is 8. The van der Waals surface area contributed by atoms with Gasteiger partial charge in [0.15, 0.2) is 21.3 Å². The van der Waals surface area contributed by atoms with E-state index >= 15 is 0 Å². The fraction of sp³-hybridized carbons (Fsp3) is 0.333. The smallest absolute Gasteiger partial charge is 0.182 e. The fourth-order valence-corrected chi connectivity index (χ4v) is 4.16. The van der Waals surface area contributed by atoms with Crippen molar-refractivity contribution in [2.24, 2.45) is 5.73 Å². The molecule has 24 heavy (non-hydrogen) atoms. The lowest BCUT2D eigenvalue weighted by atomic mass is 10.1. The van der Waals surface area contributed by atoms with Crippen LogP contribution >= 0.6 is 0 Å². The maximum Gasteiger partial charge on any atom is 0.182 e. The molecule has 0 aliphatic rings. The lowest BCUT2D eigenvalue weighted by Gasteiger charge is -2.19. The summed E-state index contributed by atoms with van der Waals surface area (Å²) in [7, 11) is -1.97. The summed E-state index contributed by atoms with van der Waals surface area (Å²) in [6.07, 6.45) is 0.262. The van der Waals surface area contributed by atoms with Gasteiger partial charge in [-0.25, -0.2) is 8.42 Å². The highest BCUT2D eigenvalue weighted by Gasteiger charge is 2.28. The van der Waals surface area contributed by atoms with Gasteiger partial charge in [0.1, 0.15) is 0 Å². The minimum absolute atomic E-state index is 0.0270. The Labute approximate surface area is 143 Å². The molecule has 0 radical (unpaired) electrons. The molecule has 130 valence electrons. The summed E-state index contributed by atoms with van der Waals surface area (Å²) in [6, 6.07) is 13.8. The Bertz CT molecular complexity index is 760. The number of hydrogen-bond acceptors (Lipinski definition) is 5.